The van der Waals surface area contributed by atoms with Gasteiger partial charge in [-0.15, -0.1) is 0 Å². The van der Waals surface area contributed by atoms with Crippen LogP contribution in [-0.4, -0.2) is 41.4 Å². The fraction of sp³-hybridized carbons (Fsp3) is 0.533. The molecule has 0 radical (unpaired) electrons. The van der Waals surface area contributed by atoms with Crippen LogP contribution in [0.5, 0.6) is 0 Å². The number of nitro benzene ring substituents is 1. The van der Waals surface area contributed by atoms with Crippen LogP contribution in [0.15, 0.2) is 12.1 Å². The van der Waals surface area contributed by atoms with Gasteiger partial charge in [0.25, 0.3) is 5.69 Å². The Morgan fingerprint density at radius 1 is 1.48 bits per heavy atom. The van der Waals surface area contributed by atoms with Crippen LogP contribution in [-0.2, 0) is 4.79 Å². The number of nitro groups is 1. The van der Waals surface area contributed by atoms with Crippen molar-refractivity contribution in [1.29, 1.82) is 0 Å². The van der Waals surface area contributed by atoms with E-state index >= 15 is 0 Å². The summed E-state index contributed by atoms with van der Waals surface area (Å²) >= 11 is 0. The lowest BCUT2D eigenvalue weighted by molar-refractivity contribution is -0.384. The van der Waals surface area contributed by atoms with E-state index < -0.39 is 16.8 Å². The van der Waals surface area contributed by atoms with E-state index in [4.69, 9.17) is 0 Å². The SMILES string of the molecule is CC(=O)N1CCNCC1c1cc(NC2CC2)c([N+](=O)[O-])cc1F. The van der Waals surface area contributed by atoms with Gasteiger partial charge in [0.15, 0.2) is 0 Å². The normalized spacial score (nSPS) is 21.1. The van der Waals surface area contributed by atoms with E-state index in [9.17, 15) is 19.3 Å². The van der Waals surface area contributed by atoms with Crippen molar-refractivity contribution < 1.29 is 14.1 Å². The van der Waals surface area contributed by atoms with Crippen molar-refractivity contribution >= 4 is 17.3 Å². The number of piperazine rings is 1. The summed E-state index contributed by atoms with van der Waals surface area (Å²) in [6.07, 6.45) is 1.91. The van der Waals surface area contributed by atoms with Crippen molar-refractivity contribution in [1.82, 2.24) is 10.2 Å². The highest BCUT2D eigenvalue weighted by Crippen LogP contribution is 2.36. The van der Waals surface area contributed by atoms with Crippen LogP contribution < -0.4 is 10.6 Å². The van der Waals surface area contributed by atoms with Crippen molar-refractivity contribution in [2.75, 3.05) is 25.0 Å². The summed E-state index contributed by atoms with van der Waals surface area (Å²) in [5, 5.41) is 17.4. The molecule has 0 aromatic heterocycles. The average Bonchev–Trinajstić information content (AvgIpc) is 3.32. The van der Waals surface area contributed by atoms with E-state index in [0.29, 0.717) is 30.9 Å². The molecule has 1 unspecified atom stereocenters. The minimum Gasteiger partial charge on any atom is -0.377 e. The minimum atomic E-state index is -0.655. The number of amides is 1. The highest BCUT2D eigenvalue weighted by atomic mass is 19.1. The van der Waals surface area contributed by atoms with Gasteiger partial charge in [-0.05, 0) is 18.9 Å². The third kappa shape index (κ3) is 3.26. The summed E-state index contributed by atoms with van der Waals surface area (Å²) in [7, 11) is 0. The number of hydrogen-bond donors (Lipinski definition) is 2. The Morgan fingerprint density at radius 3 is 2.83 bits per heavy atom. The molecule has 0 bridgehead atoms. The van der Waals surface area contributed by atoms with E-state index in [2.05, 4.69) is 10.6 Å². The van der Waals surface area contributed by atoms with E-state index in [-0.39, 0.29) is 17.6 Å². The lowest BCUT2D eigenvalue weighted by atomic mass is 10.0. The highest BCUT2D eigenvalue weighted by Gasteiger charge is 2.32. The molecule has 0 spiro atoms. The Kier molecular flexibility index (Phi) is 4.16. The van der Waals surface area contributed by atoms with Crippen molar-refractivity contribution in [3.8, 4) is 0 Å². The van der Waals surface area contributed by atoms with E-state index in [1.807, 2.05) is 0 Å². The zero-order chi connectivity index (χ0) is 16.6. The van der Waals surface area contributed by atoms with Gasteiger partial charge in [0.05, 0.1) is 17.0 Å². The first-order valence-electron chi connectivity index (χ1n) is 7.69. The zero-order valence-corrected chi connectivity index (χ0v) is 12.8. The molecular weight excluding hydrogens is 303 g/mol. The van der Waals surface area contributed by atoms with Crippen LogP contribution in [0.3, 0.4) is 0 Å². The molecule has 1 atom stereocenters. The summed E-state index contributed by atoms with van der Waals surface area (Å²) < 4.78 is 14.5. The second kappa shape index (κ2) is 6.11. The van der Waals surface area contributed by atoms with E-state index in [1.165, 1.54) is 13.0 Å². The van der Waals surface area contributed by atoms with Crippen molar-refractivity contribution in [3.05, 3.63) is 33.6 Å². The molecule has 23 heavy (non-hydrogen) atoms. The number of hydrogen-bond acceptors (Lipinski definition) is 5. The number of anilines is 1. The predicted molar refractivity (Wildman–Crippen MR) is 82.7 cm³/mol. The van der Waals surface area contributed by atoms with Crippen LogP contribution in [0.4, 0.5) is 15.8 Å². The Labute approximate surface area is 133 Å². The van der Waals surface area contributed by atoms with Gasteiger partial charge < -0.3 is 15.5 Å². The van der Waals surface area contributed by atoms with Gasteiger partial charge in [0.2, 0.25) is 5.91 Å². The fourth-order valence-corrected chi connectivity index (χ4v) is 2.91. The smallest absolute Gasteiger partial charge is 0.295 e. The summed E-state index contributed by atoms with van der Waals surface area (Å²) in [4.78, 5) is 24.0. The molecule has 2 fully saturated rings. The monoisotopic (exact) mass is 322 g/mol. The summed E-state index contributed by atoms with van der Waals surface area (Å²) in [6, 6.07) is 2.19. The Hall–Kier alpha value is -2.22. The van der Waals surface area contributed by atoms with Gasteiger partial charge in [-0.1, -0.05) is 0 Å². The van der Waals surface area contributed by atoms with Gasteiger partial charge >= 0.3 is 0 Å². The first-order valence-corrected chi connectivity index (χ1v) is 7.69. The lowest BCUT2D eigenvalue weighted by Crippen LogP contribution is -2.48. The number of carbonyl (C=O) groups excluding carboxylic acids is 1. The average molecular weight is 322 g/mol. The van der Waals surface area contributed by atoms with Crippen LogP contribution in [0, 0.1) is 15.9 Å². The predicted octanol–water partition coefficient (Wildman–Crippen LogP) is 1.80. The van der Waals surface area contributed by atoms with Gasteiger partial charge in [-0.25, -0.2) is 4.39 Å². The van der Waals surface area contributed by atoms with Gasteiger partial charge in [0, 0.05) is 38.2 Å². The second-order valence-electron chi connectivity index (χ2n) is 6.00. The molecule has 1 saturated carbocycles. The number of benzene rings is 1. The molecule has 2 aliphatic rings. The topological polar surface area (TPSA) is 87.5 Å². The molecular formula is C15H19FN4O3. The van der Waals surface area contributed by atoms with Crippen LogP contribution >= 0.6 is 0 Å². The summed E-state index contributed by atoms with van der Waals surface area (Å²) in [6.45, 7) is 3.02. The first-order chi connectivity index (χ1) is 11.0. The summed E-state index contributed by atoms with van der Waals surface area (Å²) in [5.41, 5.74) is 0.361. The Morgan fingerprint density at radius 2 is 2.22 bits per heavy atom. The van der Waals surface area contributed by atoms with Crippen LogP contribution in [0.2, 0.25) is 0 Å². The minimum absolute atomic E-state index is 0.133. The fourth-order valence-electron chi connectivity index (χ4n) is 2.91. The molecule has 3 rings (SSSR count). The van der Waals surface area contributed by atoms with E-state index in [1.54, 1.807) is 4.90 Å². The van der Waals surface area contributed by atoms with Gasteiger partial charge in [-0.3, -0.25) is 14.9 Å². The lowest BCUT2D eigenvalue weighted by Gasteiger charge is -2.36. The maximum Gasteiger partial charge on any atom is 0.295 e. The van der Waals surface area contributed by atoms with Crippen molar-refractivity contribution in [2.45, 2.75) is 31.8 Å². The summed E-state index contributed by atoms with van der Waals surface area (Å²) in [5.74, 6) is -0.788. The molecule has 2 N–H and O–H groups in total. The molecule has 1 saturated heterocycles. The standard InChI is InChI=1S/C15H19FN4O3/c1-9(21)19-5-4-17-8-15(19)11-6-13(18-10-2-3-10)14(20(22)23)7-12(11)16/h6-7,10,15,17-18H,2-5,8H2,1H3. The van der Waals surface area contributed by atoms with Gasteiger partial charge in [-0.2, -0.15) is 0 Å². The van der Waals surface area contributed by atoms with Crippen LogP contribution in [0.25, 0.3) is 0 Å². The third-order valence-corrected chi connectivity index (χ3v) is 4.26. The molecule has 1 aromatic carbocycles. The molecule has 7 nitrogen and oxygen atoms in total. The molecule has 1 aliphatic carbocycles. The molecule has 1 aromatic rings. The zero-order valence-electron chi connectivity index (χ0n) is 12.8. The number of halogens is 1. The maximum absolute atomic E-state index is 14.5. The number of rotatable bonds is 4. The molecule has 1 amide bonds. The molecule has 1 heterocycles. The maximum atomic E-state index is 14.5. The quantitative estimate of drug-likeness (QED) is 0.652. The van der Waals surface area contributed by atoms with E-state index in [0.717, 1.165) is 18.9 Å². The Balaban J connectivity index is 2.00. The number of nitrogens with one attached hydrogen (secondary N) is 2. The number of carbonyl (C=O) groups is 1. The first kappa shape index (κ1) is 15.7. The highest BCUT2D eigenvalue weighted by molar-refractivity contribution is 5.74. The molecule has 124 valence electrons. The third-order valence-electron chi connectivity index (χ3n) is 4.26. The molecule has 8 heteroatoms. The van der Waals surface area contributed by atoms with Crippen LogP contribution in [0.1, 0.15) is 31.4 Å². The number of nitrogens with zero attached hydrogens (tertiary/aromatic N) is 2. The largest absolute Gasteiger partial charge is 0.377 e. The van der Waals surface area contributed by atoms with Crippen molar-refractivity contribution in [3.63, 3.8) is 0 Å². The Bertz CT molecular complexity index is 648. The molecule has 1 aliphatic heterocycles. The second-order valence-corrected chi connectivity index (χ2v) is 6.00. The van der Waals surface area contributed by atoms with Crippen molar-refractivity contribution in [2.24, 2.45) is 0 Å². The van der Waals surface area contributed by atoms with Gasteiger partial charge in [0.1, 0.15) is 11.5 Å².